The van der Waals surface area contributed by atoms with E-state index >= 15 is 0 Å². The minimum atomic E-state index is -1.42. The lowest BCUT2D eigenvalue weighted by Crippen LogP contribution is -2.71. The van der Waals surface area contributed by atoms with E-state index in [1.165, 1.54) is 26.0 Å². The Bertz CT molecular complexity index is 312. The largest absolute Gasteiger partial charge is 0.314 e. The Morgan fingerprint density at radius 1 is 0.929 bits per heavy atom. The molecule has 2 unspecified atom stereocenters. The van der Waals surface area contributed by atoms with Crippen molar-refractivity contribution in [2.75, 3.05) is 0 Å². The molecule has 0 bridgehead atoms. The first-order chi connectivity index (χ1) is 6.34. The Labute approximate surface area is 82.6 Å². The molecule has 0 amide bonds. The van der Waals surface area contributed by atoms with Crippen molar-refractivity contribution < 1.29 is 9.59 Å². The van der Waals surface area contributed by atoms with Crippen molar-refractivity contribution in [1.29, 1.82) is 0 Å². The molecule has 14 heavy (non-hydrogen) atoms. The molecule has 4 nitrogen and oxygen atoms in total. The molecule has 0 fully saturated rings. The van der Waals surface area contributed by atoms with Crippen LogP contribution in [0.2, 0.25) is 0 Å². The Morgan fingerprint density at radius 3 is 1.43 bits per heavy atom. The van der Waals surface area contributed by atoms with Crippen molar-refractivity contribution in [3.8, 4) is 0 Å². The third-order valence-electron chi connectivity index (χ3n) is 2.68. The normalized spacial score (nSPS) is 35.7. The average Bonchev–Trinajstić information content (AvgIpc) is 2.09. The van der Waals surface area contributed by atoms with Crippen LogP contribution in [0.3, 0.4) is 0 Å². The number of rotatable bonds is 2. The molecule has 1 aliphatic carbocycles. The van der Waals surface area contributed by atoms with E-state index in [-0.39, 0.29) is 11.6 Å². The van der Waals surface area contributed by atoms with Crippen molar-refractivity contribution in [3.05, 3.63) is 24.3 Å². The monoisotopic (exact) mass is 194 g/mol. The van der Waals surface area contributed by atoms with Gasteiger partial charge < -0.3 is 11.5 Å². The Morgan fingerprint density at radius 2 is 1.21 bits per heavy atom. The first kappa shape index (κ1) is 10.8. The second-order valence-corrected chi connectivity index (χ2v) is 3.57. The average molecular weight is 194 g/mol. The van der Waals surface area contributed by atoms with Crippen LogP contribution in [0, 0.1) is 0 Å². The van der Waals surface area contributed by atoms with Gasteiger partial charge in [0.2, 0.25) is 0 Å². The summed E-state index contributed by atoms with van der Waals surface area (Å²) < 4.78 is 0. The molecular weight excluding hydrogens is 180 g/mol. The van der Waals surface area contributed by atoms with E-state index in [0.29, 0.717) is 0 Å². The van der Waals surface area contributed by atoms with Crippen LogP contribution in [0.25, 0.3) is 0 Å². The first-order valence-electron chi connectivity index (χ1n) is 4.31. The van der Waals surface area contributed by atoms with Gasteiger partial charge >= 0.3 is 0 Å². The number of hydrogen-bond donors (Lipinski definition) is 2. The zero-order chi connectivity index (χ0) is 11.0. The summed E-state index contributed by atoms with van der Waals surface area (Å²) in [5, 5.41) is 0. The van der Waals surface area contributed by atoms with Gasteiger partial charge in [-0.1, -0.05) is 24.3 Å². The maximum Gasteiger partial charge on any atom is 0.156 e. The molecule has 1 rings (SSSR count). The number of ketones is 2. The fourth-order valence-electron chi connectivity index (χ4n) is 1.51. The van der Waals surface area contributed by atoms with Crippen molar-refractivity contribution in [1.82, 2.24) is 0 Å². The standard InChI is InChI=1S/C10H14N2O2/c1-7(13)9(11)5-3-4-6-10(9,12)8(2)14/h3-6H,11-12H2,1-2H3. The predicted molar refractivity (Wildman–Crippen MR) is 53.5 cm³/mol. The van der Waals surface area contributed by atoms with Gasteiger partial charge in [-0.15, -0.1) is 0 Å². The molecule has 4 heteroatoms. The van der Waals surface area contributed by atoms with E-state index in [4.69, 9.17) is 11.5 Å². The van der Waals surface area contributed by atoms with Gasteiger partial charge in [-0.25, -0.2) is 0 Å². The molecule has 4 N–H and O–H groups in total. The molecule has 0 aromatic heterocycles. The molecule has 0 aromatic carbocycles. The summed E-state index contributed by atoms with van der Waals surface area (Å²) >= 11 is 0. The van der Waals surface area contributed by atoms with Crippen LogP contribution in [0.15, 0.2) is 24.3 Å². The minimum Gasteiger partial charge on any atom is -0.314 e. The number of Topliss-reactive ketones (excluding diaryl/α,β-unsaturated/α-hetero) is 2. The topological polar surface area (TPSA) is 86.2 Å². The lowest BCUT2D eigenvalue weighted by Gasteiger charge is -2.39. The van der Waals surface area contributed by atoms with Crippen LogP contribution in [-0.2, 0) is 9.59 Å². The van der Waals surface area contributed by atoms with Gasteiger partial charge in [0.15, 0.2) is 11.6 Å². The van der Waals surface area contributed by atoms with Crippen LogP contribution < -0.4 is 11.5 Å². The second-order valence-electron chi connectivity index (χ2n) is 3.57. The summed E-state index contributed by atoms with van der Waals surface area (Å²) in [4.78, 5) is 22.8. The summed E-state index contributed by atoms with van der Waals surface area (Å²) in [6, 6.07) is 0. The number of carbonyl (C=O) groups excluding carboxylic acids is 2. The van der Waals surface area contributed by atoms with Gasteiger partial charge in [0.1, 0.15) is 11.1 Å². The van der Waals surface area contributed by atoms with Crippen molar-refractivity contribution in [2.45, 2.75) is 24.9 Å². The Balaban J connectivity index is 3.30. The SMILES string of the molecule is CC(=O)C1(N)C=CC=CC1(N)C(C)=O. The fraction of sp³-hybridized carbons (Fsp3) is 0.400. The van der Waals surface area contributed by atoms with E-state index in [2.05, 4.69) is 0 Å². The Hall–Kier alpha value is -1.26. The van der Waals surface area contributed by atoms with E-state index in [1.54, 1.807) is 12.2 Å². The summed E-state index contributed by atoms with van der Waals surface area (Å²) in [7, 11) is 0. The maximum absolute atomic E-state index is 11.4. The molecule has 76 valence electrons. The van der Waals surface area contributed by atoms with Gasteiger partial charge in [0, 0.05) is 0 Å². The summed E-state index contributed by atoms with van der Waals surface area (Å²) in [6.45, 7) is 2.65. The molecule has 1 aliphatic rings. The molecule has 0 aliphatic heterocycles. The molecule has 2 atom stereocenters. The molecular formula is C10H14N2O2. The van der Waals surface area contributed by atoms with Crippen molar-refractivity contribution >= 4 is 11.6 Å². The highest BCUT2D eigenvalue weighted by molar-refractivity contribution is 6.02. The highest BCUT2D eigenvalue weighted by Crippen LogP contribution is 2.26. The van der Waals surface area contributed by atoms with Gasteiger partial charge in [0.25, 0.3) is 0 Å². The van der Waals surface area contributed by atoms with Crippen molar-refractivity contribution in [2.24, 2.45) is 11.5 Å². The summed E-state index contributed by atoms with van der Waals surface area (Å²) in [5.74, 6) is -0.647. The molecule has 0 heterocycles. The number of allylic oxidation sites excluding steroid dienone is 2. The fourth-order valence-corrected chi connectivity index (χ4v) is 1.51. The zero-order valence-electron chi connectivity index (χ0n) is 8.28. The van der Waals surface area contributed by atoms with Gasteiger partial charge in [-0.2, -0.15) is 0 Å². The molecule has 0 saturated heterocycles. The van der Waals surface area contributed by atoms with E-state index in [1.807, 2.05) is 0 Å². The van der Waals surface area contributed by atoms with E-state index in [0.717, 1.165) is 0 Å². The number of nitrogens with two attached hydrogens (primary N) is 2. The third kappa shape index (κ3) is 1.23. The third-order valence-corrected chi connectivity index (χ3v) is 2.68. The molecule has 0 radical (unpaired) electrons. The second kappa shape index (κ2) is 3.15. The van der Waals surface area contributed by atoms with Gasteiger partial charge in [-0.3, -0.25) is 9.59 Å². The summed E-state index contributed by atoms with van der Waals surface area (Å²) in [5.41, 5.74) is 8.85. The van der Waals surface area contributed by atoms with Crippen LogP contribution in [-0.4, -0.2) is 22.6 Å². The van der Waals surface area contributed by atoms with Crippen LogP contribution >= 0.6 is 0 Å². The van der Waals surface area contributed by atoms with Gasteiger partial charge in [-0.05, 0) is 13.8 Å². The van der Waals surface area contributed by atoms with Gasteiger partial charge in [0.05, 0.1) is 0 Å². The zero-order valence-corrected chi connectivity index (χ0v) is 8.28. The van der Waals surface area contributed by atoms with E-state index in [9.17, 15) is 9.59 Å². The summed E-state index contributed by atoms with van der Waals surface area (Å²) in [6.07, 6.45) is 6.18. The molecule has 0 aromatic rings. The number of hydrogen-bond acceptors (Lipinski definition) is 4. The maximum atomic E-state index is 11.4. The minimum absolute atomic E-state index is 0.323. The van der Waals surface area contributed by atoms with Crippen LogP contribution in [0.4, 0.5) is 0 Å². The molecule has 0 saturated carbocycles. The first-order valence-corrected chi connectivity index (χ1v) is 4.31. The lowest BCUT2D eigenvalue weighted by molar-refractivity contribution is -0.129. The highest BCUT2D eigenvalue weighted by Gasteiger charge is 2.50. The van der Waals surface area contributed by atoms with Crippen LogP contribution in [0.1, 0.15) is 13.8 Å². The smallest absolute Gasteiger partial charge is 0.156 e. The highest BCUT2D eigenvalue weighted by atomic mass is 16.1. The van der Waals surface area contributed by atoms with Crippen molar-refractivity contribution in [3.63, 3.8) is 0 Å². The predicted octanol–water partition coefficient (Wildman–Crippen LogP) is -0.315. The quantitative estimate of drug-likeness (QED) is 0.631. The molecule has 0 spiro atoms. The van der Waals surface area contributed by atoms with E-state index < -0.39 is 11.1 Å². The van der Waals surface area contributed by atoms with Crippen LogP contribution in [0.5, 0.6) is 0 Å². The Kier molecular flexibility index (Phi) is 2.43. The lowest BCUT2D eigenvalue weighted by atomic mass is 9.70. The number of carbonyl (C=O) groups is 2.